The predicted molar refractivity (Wildman–Crippen MR) is 93.8 cm³/mol. The van der Waals surface area contributed by atoms with Gasteiger partial charge in [0.2, 0.25) is 0 Å². The highest BCUT2D eigenvalue weighted by atomic mass is 16.1. The molecule has 0 spiro atoms. The molecule has 4 heteroatoms. The zero-order chi connectivity index (χ0) is 17.2. The molecule has 2 aromatic carbocycles. The lowest BCUT2D eigenvalue weighted by Crippen LogP contribution is -2.60. The molecule has 4 nitrogen and oxygen atoms in total. The number of carbonyl (C=O) groups excluding carboxylic acids is 2. The molecular weight excluding hydrogens is 300 g/mol. The van der Waals surface area contributed by atoms with Crippen LogP contribution < -0.4 is 11.5 Å². The van der Waals surface area contributed by atoms with E-state index in [4.69, 9.17) is 11.5 Å². The molecule has 0 bridgehead atoms. The van der Waals surface area contributed by atoms with Gasteiger partial charge in [0.15, 0.2) is 11.6 Å². The third kappa shape index (κ3) is 3.03. The Balaban J connectivity index is 1.97. The van der Waals surface area contributed by atoms with E-state index in [1.54, 1.807) is 36.4 Å². The number of hydrogen-bond donors (Lipinski definition) is 2. The lowest BCUT2D eigenvalue weighted by molar-refractivity contribution is 0.0636. The van der Waals surface area contributed by atoms with Gasteiger partial charge in [0, 0.05) is 23.1 Å². The van der Waals surface area contributed by atoms with Gasteiger partial charge in [-0.05, 0) is 19.3 Å². The van der Waals surface area contributed by atoms with Crippen molar-refractivity contribution in [3.05, 3.63) is 71.8 Å². The van der Waals surface area contributed by atoms with E-state index in [1.165, 1.54) is 0 Å². The first-order chi connectivity index (χ1) is 11.5. The smallest absolute Gasteiger partial charge is 0.183 e. The molecule has 0 amide bonds. The first kappa shape index (κ1) is 16.6. The van der Waals surface area contributed by atoms with E-state index in [9.17, 15) is 9.59 Å². The van der Waals surface area contributed by atoms with Crippen molar-refractivity contribution >= 4 is 11.6 Å². The molecule has 0 aromatic heterocycles. The summed E-state index contributed by atoms with van der Waals surface area (Å²) in [6.45, 7) is 0. The Hall–Kier alpha value is -2.30. The van der Waals surface area contributed by atoms with Crippen molar-refractivity contribution < 1.29 is 9.59 Å². The molecule has 24 heavy (non-hydrogen) atoms. The molecule has 1 fully saturated rings. The minimum Gasteiger partial charge on any atom is -0.328 e. The summed E-state index contributed by atoms with van der Waals surface area (Å²) < 4.78 is 0. The normalized spacial score (nSPS) is 26.8. The maximum absolute atomic E-state index is 13.1. The van der Waals surface area contributed by atoms with Gasteiger partial charge in [-0.1, -0.05) is 60.7 Å². The molecule has 3 unspecified atom stereocenters. The van der Waals surface area contributed by atoms with Gasteiger partial charge < -0.3 is 11.5 Å². The van der Waals surface area contributed by atoms with E-state index in [0.29, 0.717) is 30.4 Å². The standard InChI is InChI=1S/C20H22N2O2/c21-16-11-12-20(22,19(24)15-9-5-2-6-10-15)17(13-16)18(23)14-7-3-1-4-8-14/h1-10,16-17H,11-13,21-22H2. The van der Waals surface area contributed by atoms with E-state index >= 15 is 0 Å². The van der Waals surface area contributed by atoms with Gasteiger partial charge in [0.05, 0.1) is 5.54 Å². The van der Waals surface area contributed by atoms with Crippen molar-refractivity contribution in [3.63, 3.8) is 0 Å². The van der Waals surface area contributed by atoms with Crippen LogP contribution in [0.25, 0.3) is 0 Å². The average molecular weight is 322 g/mol. The zero-order valence-corrected chi connectivity index (χ0v) is 13.5. The van der Waals surface area contributed by atoms with Crippen LogP contribution in [0.3, 0.4) is 0 Å². The molecule has 3 atom stereocenters. The highest BCUT2D eigenvalue weighted by molar-refractivity contribution is 6.09. The second kappa shape index (κ2) is 6.67. The van der Waals surface area contributed by atoms with Gasteiger partial charge in [-0.3, -0.25) is 9.59 Å². The van der Waals surface area contributed by atoms with E-state index in [-0.39, 0.29) is 17.6 Å². The lowest BCUT2D eigenvalue weighted by atomic mass is 9.65. The van der Waals surface area contributed by atoms with Crippen molar-refractivity contribution in [2.24, 2.45) is 17.4 Å². The van der Waals surface area contributed by atoms with Crippen LogP contribution in [0.15, 0.2) is 60.7 Å². The van der Waals surface area contributed by atoms with E-state index in [1.807, 2.05) is 24.3 Å². The number of Topliss-reactive ketones (excluding diaryl/α,β-unsaturated/α-hetero) is 2. The van der Waals surface area contributed by atoms with E-state index in [0.717, 1.165) is 0 Å². The summed E-state index contributed by atoms with van der Waals surface area (Å²) in [5.41, 5.74) is 12.6. The second-order valence-electron chi connectivity index (χ2n) is 6.55. The summed E-state index contributed by atoms with van der Waals surface area (Å²) in [4.78, 5) is 26.1. The van der Waals surface area contributed by atoms with E-state index < -0.39 is 11.5 Å². The summed E-state index contributed by atoms with van der Waals surface area (Å²) in [5, 5.41) is 0. The Morgan fingerprint density at radius 2 is 1.46 bits per heavy atom. The van der Waals surface area contributed by atoms with Gasteiger partial charge in [-0.25, -0.2) is 0 Å². The Bertz CT molecular complexity index is 730. The second-order valence-corrected chi connectivity index (χ2v) is 6.55. The van der Waals surface area contributed by atoms with Crippen molar-refractivity contribution in [1.29, 1.82) is 0 Å². The van der Waals surface area contributed by atoms with Crippen LogP contribution in [0.5, 0.6) is 0 Å². The molecule has 2 aromatic rings. The summed E-state index contributed by atoms with van der Waals surface area (Å²) in [6.07, 6.45) is 1.50. The van der Waals surface area contributed by atoms with Crippen LogP contribution in [0, 0.1) is 5.92 Å². The number of hydrogen-bond acceptors (Lipinski definition) is 4. The van der Waals surface area contributed by atoms with Gasteiger partial charge in [-0.2, -0.15) is 0 Å². The molecule has 0 aliphatic heterocycles. The fraction of sp³-hybridized carbons (Fsp3) is 0.300. The minimum atomic E-state index is -1.20. The van der Waals surface area contributed by atoms with Crippen molar-refractivity contribution in [3.8, 4) is 0 Å². The van der Waals surface area contributed by atoms with Gasteiger partial charge in [0.25, 0.3) is 0 Å². The largest absolute Gasteiger partial charge is 0.328 e. The van der Waals surface area contributed by atoms with Crippen molar-refractivity contribution in [2.45, 2.75) is 30.8 Å². The van der Waals surface area contributed by atoms with Crippen LogP contribution in [0.4, 0.5) is 0 Å². The molecule has 124 valence electrons. The monoisotopic (exact) mass is 322 g/mol. The number of benzene rings is 2. The number of carbonyl (C=O) groups is 2. The molecular formula is C20H22N2O2. The van der Waals surface area contributed by atoms with Crippen molar-refractivity contribution in [1.82, 2.24) is 0 Å². The molecule has 0 heterocycles. The van der Waals surface area contributed by atoms with Gasteiger partial charge >= 0.3 is 0 Å². The fourth-order valence-corrected chi connectivity index (χ4v) is 3.50. The number of nitrogens with two attached hydrogens (primary N) is 2. The zero-order valence-electron chi connectivity index (χ0n) is 13.5. The maximum atomic E-state index is 13.1. The minimum absolute atomic E-state index is 0.0995. The molecule has 1 aliphatic carbocycles. The Kier molecular flexibility index (Phi) is 4.60. The predicted octanol–water partition coefficient (Wildman–Crippen LogP) is 2.58. The SMILES string of the molecule is NC1CCC(N)(C(=O)c2ccccc2)C(C(=O)c2ccccc2)C1. The van der Waals surface area contributed by atoms with E-state index in [2.05, 4.69) is 0 Å². The fourth-order valence-electron chi connectivity index (χ4n) is 3.50. The summed E-state index contributed by atoms with van der Waals surface area (Å²) in [7, 11) is 0. The van der Waals surface area contributed by atoms with Crippen molar-refractivity contribution in [2.75, 3.05) is 0 Å². The third-order valence-corrected chi connectivity index (χ3v) is 4.92. The maximum Gasteiger partial charge on any atom is 0.183 e. The quantitative estimate of drug-likeness (QED) is 0.847. The molecule has 3 rings (SSSR count). The van der Waals surface area contributed by atoms with Crippen LogP contribution >= 0.6 is 0 Å². The van der Waals surface area contributed by atoms with Crippen LogP contribution in [0.2, 0.25) is 0 Å². The molecule has 1 saturated carbocycles. The van der Waals surface area contributed by atoms with Gasteiger partial charge in [0.1, 0.15) is 0 Å². The lowest BCUT2D eigenvalue weighted by Gasteiger charge is -2.41. The topological polar surface area (TPSA) is 86.2 Å². The third-order valence-electron chi connectivity index (χ3n) is 4.92. The molecule has 1 aliphatic rings. The summed E-state index contributed by atoms with van der Waals surface area (Å²) >= 11 is 0. The summed E-state index contributed by atoms with van der Waals surface area (Å²) in [5.74, 6) is -0.877. The van der Waals surface area contributed by atoms with Crippen LogP contribution in [-0.4, -0.2) is 23.1 Å². The summed E-state index contributed by atoms with van der Waals surface area (Å²) in [6, 6.07) is 17.8. The highest BCUT2D eigenvalue weighted by Crippen LogP contribution is 2.36. The molecule has 0 radical (unpaired) electrons. The van der Waals surface area contributed by atoms with Crippen LogP contribution in [0.1, 0.15) is 40.0 Å². The average Bonchev–Trinajstić information content (AvgIpc) is 2.64. The Morgan fingerprint density at radius 1 is 0.917 bits per heavy atom. The van der Waals surface area contributed by atoms with Gasteiger partial charge in [-0.15, -0.1) is 0 Å². The Morgan fingerprint density at radius 3 is 2.04 bits per heavy atom. The molecule has 4 N–H and O–H groups in total. The number of rotatable bonds is 4. The molecule has 0 saturated heterocycles. The first-order valence-corrected chi connectivity index (χ1v) is 8.26. The number of ketones is 2. The first-order valence-electron chi connectivity index (χ1n) is 8.26. The van der Waals surface area contributed by atoms with Crippen LogP contribution in [-0.2, 0) is 0 Å². The highest BCUT2D eigenvalue weighted by Gasteiger charge is 2.49. The Labute approximate surface area is 141 Å².